The van der Waals surface area contributed by atoms with Gasteiger partial charge in [-0.1, -0.05) is 62.6 Å². The van der Waals surface area contributed by atoms with E-state index in [1.807, 2.05) is 10.9 Å². The molecule has 3 aromatic rings. The van der Waals surface area contributed by atoms with Gasteiger partial charge in [-0.15, -0.1) is 0 Å². The van der Waals surface area contributed by atoms with Crippen molar-refractivity contribution in [2.24, 2.45) is 0 Å². The van der Waals surface area contributed by atoms with Crippen LogP contribution in [0.25, 0.3) is 10.8 Å². The molecule has 0 aliphatic carbocycles. The number of nitrogens with zero attached hydrogens (tertiary/aromatic N) is 2. The molecule has 0 saturated heterocycles. The zero-order chi connectivity index (χ0) is 17.6. The molecule has 0 fully saturated rings. The number of benzene rings is 2. The lowest BCUT2D eigenvalue weighted by atomic mass is 10.1. The standard InChI is InChI=1S/C21H25Cl2N2/c1-2-3-4-5-8-13-24-16-25(21(23)20(24)22)15-17-11-12-18-9-6-7-10-19(18)14-17/h6-7,9-12,14,16H,2-5,8,13,15H2,1H3/q+1. The minimum Gasteiger partial charge on any atom is -0.219 e. The van der Waals surface area contributed by atoms with Crippen LogP contribution in [0.15, 0.2) is 48.8 Å². The Kier molecular flexibility index (Phi) is 6.39. The molecule has 0 saturated carbocycles. The van der Waals surface area contributed by atoms with Crippen LogP contribution >= 0.6 is 23.2 Å². The maximum Gasteiger partial charge on any atom is 0.255 e. The highest BCUT2D eigenvalue weighted by Gasteiger charge is 2.20. The molecular weight excluding hydrogens is 351 g/mol. The molecule has 0 atom stereocenters. The van der Waals surface area contributed by atoms with Crippen molar-refractivity contribution in [3.63, 3.8) is 0 Å². The van der Waals surface area contributed by atoms with Gasteiger partial charge in [0.25, 0.3) is 10.3 Å². The summed E-state index contributed by atoms with van der Waals surface area (Å²) in [6.07, 6.45) is 8.29. The van der Waals surface area contributed by atoms with Gasteiger partial charge in [0.2, 0.25) is 6.33 Å². The van der Waals surface area contributed by atoms with Gasteiger partial charge in [0.05, 0.1) is 6.54 Å². The third kappa shape index (κ3) is 4.56. The molecule has 0 amide bonds. The lowest BCUT2D eigenvalue weighted by molar-refractivity contribution is -0.685. The highest BCUT2D eigenvalue weighted by molar-refractivity contribution is 6.39. The van der Waals surface area contributed by atoms with E-state index in [9.17, 15) is 0 Å². The van der Waals surface area contributed by atoms with Gasteiger partial charge in [0, 0.05) is 0 Å². The molecule has 25 heavy (non-hydrogen) atoms. The Morgan fingerprint density at radius 1 is 0.920 bits per heavy atom. The second-order valence-electron chi connectivity index (χ2n) is 6.61. The van der Waals surface area contributed by atoms with E-state index in [0.717, 1.165) is 19.5 Å². The topological polar surface area (TPSA) is 8.81 Å². The van der Waals surface area contributed by atoms with Crippen LogP contribution < -0.4 is 4.57 Å². The molecule has 0 radical (unpaired) electrons. The zero-order valence-corrected chi connectivity index (χ0v) is 16.2. The van der Waals surface area contributed by atoms with Crippen LogP contribution in [0.1, 0.15) is 44.6 Å². The van der Waals surface area contributed by atoms with Crippen LogP contribution in [0.5, 0.6) is 0 Å². The number of unbranched alkanes of at least 4 members (excludes halogenated alkanes) is 4. The summed E-state index contributed by atoms with van der Waals surface area (Å²) in [7, 11) is 0. The quantitative estimate of drug-likeness (QED) is 0.324. The van der Waals surface area contributed by atoms with Crippen molar-refractivity contribution in [3.05, 3.63) is 64.7 Å². The van der Waals surface area contributed by atoms with E-state index < -0.39 is 0 Å². The Morgan fingerprint density at radius 3 is 2.48 bits per heavy atom. The molecule has 0 N–H and O–H groups in total. The van der Waals surface area contributed by atoms with E-state index in [-0.39, 0.29) is 0 Å². The second kappa shape index (κ2) is 8.73. The van der Waals surface area contributed by atoms with Gasteiger partial charge in [-0.3, -0.25) is 0 Å². The van der Waals surface area contributed by atoms with Gasteiger partial charge < -0.3 is 0 Å². The third-order valence-corrected chi connectivity index (χ3v) is 5.51. The normalized spacial score (nSPS) is 11.3. The summed E-state index contributed by atoms with van der Waals surface area (Å²) >= 11 is 12.9. The second-order valence-corrected chi connectivity index (χ2v) is 7.33. The first-order chi connectivity index (χ1) is 12.2. The van der Waals surface area contributed by atoms with E-state index in [1.54, 1.807) is 0 Å². The van der Waals surface area contributed by atoms with Gasteiger partial charge in [0.1, 0.15) is 6.54 Å². The first-order valence-electron chi connectivity index (χ1n) is 9.10. The smallest absolute Gasteiger partial charge is 0.219 e. The Hall–Kier alpha value is -1.51. The molecule has 1 aromatic heterocycles. The van der Waals surface area contributed by atoms with Gasteiger partial charge in [-0.25, -0.2) is 9.13 Å². The molecule has 2 aromatic carbocycles. The highest BCUT2D eigenvalue weighted by Crippen LogP contribution is 2.21. The SMILES string of the molecule is CCCCCCCn1c[n+](Cc2ccc3ccccc3c2)c(Cl)c1Cl. The molecule has 1 heterocycles. The molecule has 4 heteroatoms. The van der Waals surface area contributed by atoms with Gasteiger partial charge in [0.15, 0.2) is 0 Å². The average Bonchev–Trinajstić information content (AvgIpc) is 2.89. The molecule has 3 rings (SSSR count). The molecular formula is C21H25Cl2N2+. The maximum atomic E-state index is 6.45. The molecule has 0 unspecified atom stereocenters. The van der Waals surface area contributed by atoms with Crippen molar-refractivity contribution in [2.45, 2.75) is 52.1 Å². The number of fused-ring (bicyclic) bond motifs is 1. The van der Waals surface area contributed by atoms with Crippen LogP contribution in [0.3, 0.4) is 0 Å². The fourth-order valence-corrected chi connectivity index (χ4v) is 3.64. The van der Waals surface area contributed by atoms with E-state index in [0.29, 0.717) is 10.3 Å². The van der Waals surface area contributed by atoms with Crippen LogP contribution in [0.2, 0.25) is 10.3 Å². The lowest BCUT2D eigenvalue weighted by Gasteiger charge is -2.02. The van der Waals surface area contributed by atoms with E-state index in [1.165, 1.54) is 42.0 Å². The number of imidazole rings is 1. The number of hydrogen-bond donors (Lipinski definition) is 0. The molecule has 2 nitrogen and oxygen atoms in total. The summed E-state index contributed by atoms with van der Waals surface area (Å²) in [5, 5.41) is 3.75. The van der Waals surface area contributed by atoms with Gasteiger partial charge >= 0.3 is 0 Å². The van der Waals surface area contributed by atoms with Crippen molar-refractivity contribution in [2.75, 3.05) is 0 Å². The number of halogens is 2. The summed E-state index contributed by atoms with van der Waals surface area (Å²) in [5.74, 6) is 0. The maximum absolute atomic E-state index is 6.45. The summed E-state index contributed by atoms with van der Waals surface area (Å²) in [5.41, 5.74) is 1.22. The fourth-order valence-electron chi connectivity index (χ4n) is 3.19. The first-order valence-corrected chi connectivity index (χ1v) is 9.86. The number of aryl methyl sites for hydroxylation is 1. The minimum absolute atomic E-state index is 0.614. The fraction of sp³-hybridized carbons (Fsp3) is 0.381. The van der Waals surface area contributed by atoms with Crippen molar-refractivity contribution in [1.82, 2.24) is 4.57 Å². The largest absolute Gasteiger partial charge is 0.255 e. The Labute approximate surface area is 160 Å². The van der Waals surface area contributed by atoms with Crippen LogP contribution in [0.4, 0.5) is 0 Å². The Morgan fingerprint density at radius 2 is 1.68 bits per heavy atom. The van der Waals surface area contributed by atoms with Crippen LogP contribution in [-0.4, -0.2) is 4.57 Å². The zero-order valence-electron chi connectivity index (χ0n) is 14.7. The van der Waals surface area contributed by atoms with E-state index in [4.69, 9.17) is 23.2 Å². The predicted molar refractivity (Wildman–Crippen MR) is 106 cm³/mol. The van der Waals surface area contributed by atoms with Gasteiger partial charge in [-0.2, -0.15) is 0 Å². The summed E-state index contributed by atoms with van der Waals surface area (Å²) < 4.78 is 4.09. The van der Waals surface area contributed by atoms with Crippen molar-refractivity contribution in [3.8, 4) is 0 Å². The summed E-state index contributed by atoms with van der Waals surface area (Å²) in [4.78, 5) is 0. The molecule has 0 aliphatic rings. The monoisotopic (exact) mass is 375 g/mol. The summed E-state index contributed by atoms with van der Waals surface area (Å²) in [6.45, 7) is 3.89. The highest BCUT2D eigenvalue weighted by atomic mass is 35.5. The molecule has 0 aliphatic heterocycles. The molecule has 0 spiro atoms. The summed E-state index contributed by atoms with van der Waals surface area (Å²) in [6, 6.07) is 14.9. The lowest BCUT2D eigenvalue weighted by Crippen LogP contribution is -2.33. The van der Waals surface area contributed by atoms with E-state index in [2.05, 4.69) is 54.0 Å². The Balaban J connectivity index is 1.70. The predicted octanol–water partition coefficient (Wildman–Crippen LogP) is 6.25. The van der Waals surface area contributed by atoms with Crippen LogP contribution in [-0.2, 0) is 13.1 Å². The number of aromatic nitrogens is 2. The molecule has 132 valence electrons. The molecule has 0 bridgehead atoms. The van der Waals surface area contributed by atoms with Crippen molar-refractivity contribution in [1.29, 1.82) is 0 Å². The van der Waals surface area contributed by atoms with Crippen molar-refractivity contribution < 1.29 is 4.57 Å². The van der Waals surface area contributed by atoms with Gasteiger partial charge in [-0.05, 0) is 58.4 Å². The first kappa shape index (κ1) is 18.3. The minimum atomic E-state index is 0.614. The average molecular weight is 376 g/mol. The Bertz CT molecular complexity index is 839. The van der Waals surface area contributed by atoms with E-state index >= 15 is 0 Å². The number of hydrogen-bond acceptors (Lipinski definition) is 0. The van der Waals surface area contributed by atoms with Crippen LogP contribution in [0, 0.1) is 0 Å². The number of rotatable bonds is 8. The third-order valence-electron chi connectivity index (χ3n) is 4.62. The van der Waals surface area contributed by atoms with Crippen molar-refractivity contribution >= 4 is 34.0 Å².